The largest absolute Gasteiger partial charge is 0.467 e. The lowest BCUT2D eigenvalue weighted by atomic mass is 10.1. The van der Waals surface area contributed by atoms with Crippen LogP contribution >= 0.6 is 11.3 Å². The summed E-state index contributed by atoms with van der Waals surface area (Å²) in [6, 6.07) is 5.84. The van der Waals surface area contributed by atoms with Crippen LogP contribution in [0.1, 0.15) is 16.7 Å². The molecule has 0 bridgehead atoms. The maximum Gasteiger partial charge on any atom is 0.258 e. The average molecular weight is 384 g/mol. The Balaban J connectivity index is 1.50. The van der Waals surface area contributed by atoms with Crippen molar-refractivity contribution in [3.05, 3.63) is 46.6 Å². The molecule has 2 N–H and O–H groups in total. The van der Waals surface area contributed by atoms with E-state index in [2.05, 4.69) is 20.6 Å². The van der Waals surface area contributed by atoms with Gasteiger partial charge >= 0.3 is 0 Å². The first-order valence-electron chi connectivity index (χ1n) is 8.39. The van der Waals surface area contributed by atoms with Crippen LogP contribution in [0.4, 0.5) is 5.69 Å². The molecule has 3 rings (SSSR count). The number of aryl methyl sites for hydroxylation is 3. The van der Waals surface area contributed by atoms with Gasteiger partial charge in [0.1, 0.15) is 11.2 Å². The first-order valence-corrected chi connectivity index (χ1v) is 9.27. The predicted molar refractivity (Wildman–Crippen MR) is 105 cm³/mol. The van der Waals surface area contributed by atoms with Gasteiger partial charge in [-0.25, -0.2) is 9.97 Å². The van der Waals surface area contributed by atoms with Gasteiger partial charge in [-0.3, -0.25) is 9.59 Å². The molecule has 7 nitrogen and oxygen atoms in total. The Kier molecular flexibility index (Phi) is 5.66. The first kappa shape index (κ1) is 18.8. The summed E-state index contributed by atoms with van der Waals surface area (Å²) in [5.74, 6) is -0.336. The van der Waals surface area contributed by atoms with E-state index in [0.717, 1.165) is 32.6 Å². The Morgan fingerprint density at radius 2 is 1.85 bits per heavy atom. The Morgan fingerprint density at radius 3 is 2.59 bits per heavy atom. The standard InChI is InChI=1S/C19H20N4O3S/c1-11-6-12(2)17(13(3)7-11)23-15(24)8-20-16(25)9-26-18-14-4-5-27-19(14)22-10-21-18/h4-7,10H,8-9H2,1-3H3,(H,20,25)(H,23,24). The van der Waals surface area contributed by atoms with E-state index in [9.17, 15) is 9.59 Å². The zero-order valence-electron chi connectivity index (χ0n) is 15.3. The Morgan fingerprint density at radius 1 is 1.11 bits per heavy atom. The number of amides is 2. The molecule has 2 aromatic heterocycles. The van der Waals surface area contributed by atoms with E-state index in [-0.39, 0.29) is 19.1 Å². The number of hydrogen-bond donors (Lipinski definition) is 2. The molecule has 0 aliphatic heterocycles. The predicted octanol–water partition coefficient (Wildman–Crippen LogP) is 2.75. The van der Waals surface area contributed by atoms with Crippen molar-refractivity contribution in [3.8, 4) is 5.88 Å². The minimum atomic E-state index is -0.399. The monoisotopic (exact) mass is 384 g/mol. The van der Waals surface area contributed by atoms with E-state index >= 15 is 0 Å². The molecule has 8 heteroatoms. The normalized spacial score (nSPS) is 10.6. The van der Waals surface area contributed by atoms with Crippen LogP contribution in [0.2, 0.25) is 0 Å². The van der Waals surface area contributed by atoms with Gasteiger partial charge in [0, 0.05) is 5.69 Å². The zero-order chi connectivity index (χ0) is 19.4. The minimum absolute atomic E-state index is 0.132. The van der Waals surface area contributed by atoms with E-state index in [0.29, 0.717) is 5.88 Å². The summed E-state index contributed by atoms with van der Waals surface area (Å²) in [7, 11) is 0. The molecule has 0 radical (unpaired) electrons. The number of nitrogens with one attached hydrogen (secondary N) is 2. The van der Waals surface area contributed by atoms with Crippen molar-refractivity contribution in [2.45, 2.75) is 20.8 Å². The van der Waals surface area contributed by atoms with Crippen LogP contribution in [0, 0.1) is 20.8 Å². The molecular weight excluding hydrogens is 364 g/mol. The van der Waals surface area contributed by atoms with Gasteiger partial charge in [-0.05, 0) is 43.3 Å². The maximum absolute atomic E-state index is 12.1. The van der Waals surface area contributed by atoms with Crippen LogP contribution in [0.25, 0.3) is 10.2 Å². The first-order chi connectivity index (χ1) is 12.9. The van der Waals surface area contributed by atoms with Gasteiger partial charge in [0.2, 0.25) is 11.8 Å². The molecule has 3 aromatic rings. The van der Waals surface area contributed by atoms with Gasteiger partial charge in [0.25, 0.3) is 5.91 Å². The highest BCUT2D eigenvalue weighted by Crippen LogP contribution is 2.25. The maximum atomic E-state index is 12.1. The molecule has 0 fully saturated rings. The molecule has 2 heterocycles. The number of nitrogens with zero attached hydrogens (tertiary/aromatic N) is 2. The van der Waals surface area contributed by atoms with Gasteiger partial charge in [0.05, 0.1) is 11.9 Å². The van der Waals surface area contributed by atoms with E-state index in [1.54, 1.807) is 0 Å². The summed E-state index contributed by atoms with van der Waals surface area (Å²) >= 11 is 1.47. The van der Waals surface area contributed by atoms with Crippen LogP contribution in [0.3, 0.4) is 0 Å². The van der Waals surface area contributed by atoms with E-state index < -0.39 is 5.91 Å². The fraction of sp³-hybridized carbons (Fsp3) is 0.263. The third kappa shape index (κ3) is 4.59. The second-order valence-corrected chi connectivity index (χ2v) is 7.10. The number of carbonyl (C=O) groups is 2. The number of anilines is 1. The SMILES string of the molecule is Cc1cc(C)c(NC(=O)CNC(=O)COc2ncnc3sccc23)c(C)c1. The minimum Gasteiger partial charge on any atom is -0.467 e. The molecule has 0 aliphatic rings. The highest BCUT2D eigenvalue weighted by Gasteiger charge is 2.12. The molecule has 0 unspecified atom stereocenters. The van der Waals surface area contributed by atoms with Crippen molar-refractivity contribution in [2.24, 2.45) is 0 Å². The molecular formula is C19H20N4O3S. The molecule has 140 valence electrons. The number of rotatable bonds is 6. The fourth-order valence-electron chi connectivity index (χ4n) is 2.81. The number of hydrogen-bond acceptors (Lipinski definition) is 6. The second kappa shape index (κ2) is 8.13. The van der Waals surface area contributed by atoms with Crippen molar-refractivity contribution in [1.82, 2.24) is 15.3 Å². The third-order valence-corrected chi connectivity index (χ3v) is 4.77. The molecule has 0 spiro atoms. The average Bonchev–Trinajstić information content (AvgIpc) is 3.10. The van der Waals surface area contributed by atoms with E-state index in [1.807, 2.05) is 44.4 Å². The zero-order valence-corrected chi connectivity index (χ0v) is 16.1. The van der Waals surface area contributed by atoms with E-state index in [4.69, 9.17) is 4.74 Å². The Bertz CT molecular complexity index is 977. The Labute approximate surface area is 160 Å². The molecule has 0 aliphatic carbocycles. The van der Waals surface area contributed by atoms with Crippen LogP contribution < -0.4 is 15.4 Å². The van der Waals surface area contributed by atoms with Gasteiger partial charge in [-0.1, -0.05) is 17.7 Å². The third-order valence-electron chi connectivity index (χ3n) is 3.95. The number of ether oxygens (including phenoxy) is 1. The molecule has 0 saturated heterocycles. The van der Waals surface area contributed by atoms with Crippen molar-refractivity contribution in [2.75, 3.05) is 18.5 Å². The number of carbonyl (C=O) groups excluding carboxylic acids is 2. The number of fused-ring (bicyclic) bond motifs is 1. The van der Waals surface area contributed by atoms with Crippen molar-refractivity contribution in [3.63, 3.8) is 0 Å². The summed E-state index contributed by atoms with van der Waals surface area (Å²) < 4.78 is 5.45. The summed E-state index contributed by atoms with van der Waals surface area (Å²) in [4.78, 5) is 33.1. The van der Waals surface area contributed by atoms with Crippen molar-refractivity contribution in [1.29, 1.82) is 0 Å². The summed E-state index contributed by atoms with van der Waals surface area (Å²) in [6.45, 7) is 5.53. The molecule has 1 aromatic carbocycles. The lowest BCUT2D eigenvalue weighted by Gasteiger charge is -2.13. The summed E-state index contributed by atoms with van der Waals surface area (Å²) in [6.07, 6.45) is 1.39. The highest BCUT2D eigenvalue weighted by molar-refractivity contribution is 7.16. The number of benzene rings is 1. The topological polar surface area (TPSA) is 93.2 Å². The van der Waals surface area contributed by atoms with Crippen molar-refractivity contribution >= 4 is 39.1 Å². The van der Waals surface area contributed by atoms with Gasteiger partial charge in [0.15, 0.2) is 6.61 Å². The van der Waals surface area contributed by atoms with Gasteiger partial charge < -0.3 is 15.4 Å². The van der Waals surface area contributed by atoms with Crippen LogP contribution in [0.5, 0.6) is 5.88 Å². The lowest BCUT2D eigenvalue weighted by molar-refractivity contribution is -0.125. The number of thiophene rings is 1. The van der Waals surface area contributed by atoms with Crippen LogP contribution in [-0.4, -0.2) is 34.9 Å². The second-order valence-electron chi connectivity index (χ2n) is 6.21. The van der Waals surface area contributed by atoms with Gasteiger partial charge in [-0.2, -0.15) is 0 Å². The van der Waals surface area contributed by atoms with Gasteiger partial charge in [-0.15, -0.1) is 11.3 Å². The fourth-order valence-corrected chi connectivity index (χ4v) is 3.53. The quantitative estimate of drug-likeness (QED) is 0.682. The smallest absolute Gasteiger partial charge is 0.258 e. The number of aromatic nitrogens is 2. The molecule has 0 saturated carbocycles. The van der Waals surface area contributed by atoms with Crippen LogP contribution in [0.15, 0.2) is 29.9 Å². The summed E-state index contributed by atoms with van der Waals surface area (Å²) in [5.41, 5.74) is 3.88. The Hall–Kier alpha value is -3.00. The van der Waals surface area contributed by atoms with E-state index in [1.165, 1.54) is 17.7 Å². The summed E-state index contributed by atoms with van der Waals surface area (Å²) in [5, 5.41) is 8.03. The molecule has 2 amide bonds. The highest BCUT2D eigenvalue weighted by atomic mass is 32.1. The molecule has 0 atom stereocenters. The molecule has 27 heavy (non-hydrogen) atoms. The van der Waals surface area contributed by atoms with Crippen molar-refractivity contribution < 1.29 is 14.3 Å². The van der Waals surface area contributed by atoms with Crippen LogP contribution in [-0.2, 0) is 9.59 Å². The lowest BCUT2D eigenvalue weighted by Crippen LogP contribution is -2.36.